The highest BCUT2D eigenvalue weighted by atomic mass is 16.5. The van der Waals surface area contributed by atoms with E-state index in [1.807, 2.05) is 0 Å². The topological polar surface area (TPSA) is 55.8 Å². The second-order valence-electron chi connectivity index (χ2n) is 3.04. The van der Waals surface area contributed by atoms with Crippen molar-refractivity contribution in [3.63, 3.8) is 0 Å². The van der Waals surface area contributed by atoms with Crippen LogP contribution in [0.25, 0.3) is 0 Å². The van der Waals surface area contributed by atoms with Crippen LogP contribution in [0, 0.1) is 0 Å². The molecule has 0 aliphatic heterocycles. The Bertz CT molecular complexity index is 335. The van der Waals surface area contributed by atoms with Gasteiger partial charge in [0.2, 0.25) is 0 Å². The van der Waals surface area contributed by atoms with E-state index >= 15 is 0 Å². The highest BCUT2D eigenvalue weighted by Crippen LogP contribution is 2.26. The lowest BCUT2D eigenvalue weighted by Crippen LogP contribution is -2.09. The fourth-order valence-electron chi connectivity index (χ4n) is 1.29. The van der Waals surface area contributed by atoms with Crippen molar-refractivity contribution in [1.29, 1.82) is 0 Å². The van der Waals surface area contributed by atoms with E-state index in [1.165, 1.54) is 14.2 Å². The average molecular weight is 210 g/mol. The number of hydrogen-bond acceptors (Lipinski definition) is 4. The first-order valence-electron chi connectivity index (χ1n) is 4.56. The summed E-state index contributed by atoms with van der Waals surface area (Å²) in [6.07, 6.45) is -0.967. The molecule has 0 fully saturated rings. The average Bonchev–Trinajstić information content (AvgIpc) is 2.28. The Morgan fingerprint density at radius 3 is 2.67 bits per heavy atom. The van der Waals surface area contributed by atoms with Crippen LogP contribution in [0.4, 0.5) is 0 Å². The van der Waals surface area contributed by atoms with E-state index in [-0.39, 0.29) is 6.42 Å². The summed E-state index contributed by atoms with van der Waals surface area (Å²) in [4.78, 5) is 11.0. The standard InChI is InChI=1S/C11H14O4/c1-14-10-6-4-3-5-8(10)9(12)7-11(13)15-2/h3-6,9,12H,7H2,1-2H3/t9-/m1/s1. The van der Waals surface area contributed by atoms with Crippen LogP contribution in [-0.4, -0.2) is 25.3 Å². The molecule has 4 heteroatoms. The lowest BCUT2D eigenvalue weighted by molar-refractivity contribution is -0.142. The molecule has 82 valence electrons. The highest BCUT2D eigenvalue weighted by Gasteiger charge is 2.16. The van der Waals surface area contributed by atoms with Crippen LogP contribution in [0.15, 0.2) is 24.3 Å². The van der Waals surface area contributed by atoms with Gasteiger partial charge in [0.15, 0.2) is 0 Å². The lowest BCUT2D eigenvalue weighted by atomic mass is 10.1. The number of ether oxygens (including phenoxy) is 2. The zero-order valence-corrected chi connectivity index (χ0v) is 8.77. The molecule has 1 atom stereocenters. The normalized spacial score (nSPS) is 11.9. The minimum absolute atomic E-state index is 0.0725. The first kappa shape index (κ1) is 11.5. The predicted octanol–water partition coefficient (Wildman–Crippen LogP) is 1.29. The molecule has 0 heterocycles. The van der Waals surface area contributed by atoms with Crippen LogP contribution in [0.5, 0.6) is 5.75 Å². The minimum Gasteiger partial charge on any atom is -0.496 e. The first-order chi connectivity index (χ1) is 7.19. The fourth-order valence-corrected chi connectivity index (χ4v) is 1.29. The van der Waals surface area contributed by atoms with Crippen molar-refractivity contribution >= 4 is 5.97 Å². The summed E-state index contributed by atoms with van der Waals surface area (Å²) < 4.78 is 9.55. The van der Waals surface area contributed by atoms with Crippen molar-refractivity contribution in [3.8, 4) is 5.75 Å². The van der Waals surface area contributed by atoms with Crippen LogP contribution in [-0.2, 0) is 9.53 Å². The third kappa shape index (κ3) is 2.95. The van der Waals surface area contributed by atoms with Crippen LogP contribution < -0.4 is 4.74 Å². The maximum atomic E-state index is 11.0. The molecule has 0 amide bonds. The van der Waals surface area contributed by atoms with Crippen molar-refractivity contribution < 1.29 is 19.4 Å². The molecule has 0 saturated carbocycles. The number of carbonyl (C=O) groups is 1. The molecule has 1 rings (SSSR count). The molecule has 0 aromatic heterocycles. The molecular formula is C11H14O4. The number of benzene rings is 1. The Balaban J connectivity index is 2.80. The smallest absolute Gasteiger partial charge is 0.308 e. The van der Waals surface area contributed by atoms with Gasteiger partial charge in [-0.25, -0.2) is 0 Å². The van der Waals surface area contributed by atoms with Crippen molar-refractivity contribution in [3.05, 3.63) is 29.8 Å². The van der Waals surface area contributed by atoms with Crippen LogP contribution in [0.1, 0.15) is 18.1 Å². The number of aliphatic hydroxyl groups is 1. The molecule has 4 nitrogen and oxygen atoms in total. The Kier molecular flexibility index (Phi) is 4.12. The molecule has 1 aromatic rings. The fraction of sp³-hybridized carbons (Fsp3) is 0.364. The quantitative estimate of drug-likeness (QED) is 0.761. The van der Waals surface area contributed by atoms with Gasteiger partial charge in [-0.05, 0) is 6.07 Å². The predicted molar refractivity (Wildman–Crippen MR) is 54.6 cm³/mol. The SMILES string of the molecule is COC(=O)C[C@@H](O)c1ccccc1OC. The number of methoxy groups -OCH3 is 2. The van der Waals surface area contributed by atoms with E-state index in [0.29, 0.717) is 11.3 Å². The lowest BCUT2D eigenvalue weighted by Gasteiger charge is -2.13. The Morgan fingerprint density at radius 2 is 2.07 bits per heavy atom. The summed E-state index contributed by atoms with van der Waals surface area (Å²) in [6.45, 7) is 0. The van der Waals surface area contributed by atoms with Gasteiger partial charge >= 0.3 is 5.97 Å². The molecule has 15 heavy (non-hydrogen) atoms. The second-order valence-corrected chi connectivity index (χ2v) is 3.04. The van der Waals surface area contributed by atoms with Crippen molar-refractivity contribution in [1.82, 2.24) is 0 Å². The van der Waals surface area contributed by atoms with Gasteiger partial charge in [0, 0.05) is 5.56 Å². The molecule has 0 radical (unpaired) electrons. The van der Waals surface area contributed by atoms with Gasteiger partial charge in [-0.1, -0.05) is 18.2 Å². The van der Waals surface area contributed by atoms with Gasteiger partial charge in [-0.2, -0.15) is 0 Å². The molecule has 0 spiro atoms. The van der Waals surface area contributed by atoms with Crippen LogP contribution in [0.2, 0.25) is 0 Å². The largest absolute Gasteiger partial charge is 0.496 e. The zero-order valence-electron chi connectivity index (χ0n) is 8.77. The summed E-state index contributed by atoms with van der Waals surface area (Å²) >= 11 is 0. The van der Waals surface area contributed by atoms with Crippen molar-refractivity contribution in [2.45, 2.75) is 12.5 Å². The number of hydrogen-bond donors (Lipinski definition) is 1. The molecule has 0 unspecified atom stereocenters. The van der Waals surface area contributed by atoms with Crippen molar-refractivity contribution in [2.75, 3.05) is 14.2 Å². The van der Waals surface area contributed by atoms with E-state index in [4.69, 9.17) is 4.74 Å². The maximum absolute atomic E-state index is 11.0. The van der Waals surface area contributed by atoms with Gasteiger partial charge < -0.3 is 14.6 Å². The summed E-state index contributed by atoms with van der Waals surface area (Å²) in [7, 11) is 2.81. The first-order valence-corrected chi connectivity index (χ1v) is 4.56. The van der Waals surface area contributed by atoms with Gasteiger partial charge in [-0.15, -0.1) is 0 Å². The van der Waals surface area contributed by atoms with Gasteiger partial charge in [0.25, 0.3) is 0 Å². The molecule has 0 aliphatic carbocycles. The molecule has 0 saturated heterocycles. The summed E-state index contributed by atoms with van der Waals surface area (Å²) in [5, 5.41) is 9.75. The number of para-hydroxylation sites is 1. The highest BCUT2D eigenvalue weighted by molar-refractivity contribution is 5.70. The van der Waals surface area contributed by atoms with E-state index in [0.717, 1.165) is 0 Å². The number of esters is 1. The van der Waals surface area contributed by atoms with E-state index < -0.39 is 12.1 Å². The third-order valence-corrected chi connectivity index (χ3v) is 2.09. The van der Waals surface area contributed by atoms with E-state index in [9.17, 15) is 9.90 Å². The molecular weight excluding hydrogens is 196 g/mol. The Hall–Kier alpha value is -1.55. The van der Waals surface area contributed by atoms with Crippen LogP contribution in [0.3, 0.4) is 0 Å². The summed E-state index contributed by atoms with van der Waals surface area (Å²) in [6, 6.07) is 7.02. The molecule has 0 bridgehead atoms. The molecule has 1 aromatic carbocycles. The Morgan fingerprint density at radius 1 is 1.40 bits per heavy atom. The van der Waals surface area contributed by atoms with Crippen LogP contribution >= 0.6 is 0 Å². The number of rotatable bonds is 4. The van der Waals surface area contributed by atoms with E-state index in [1.54, 1.807) is 24.3 Å². The Labute approximate surface area is 88.4 Å². The summed E-state index contributed by atoms with van der Waals surface area (Å²) in [5.74, 6) is 0.113. The van der Waals surface area contributed by atoms with Gasteiger partial charge in [0.05, 0.1) is 26.7 Å². The second kappa shape index (κ2) is 5.36. The minimum atomic E-state index is -0.895. The molecule has 1 N–H and O–H groups in total. The van der Waals surface area contributed by atoms with Crippen molar-refractivity contribution in [2.24, 2.45) is 0 Å². The van der Waals surface area contributed by atoms with Gasteiger partial charge in [0.1, 0.15) is 5.75 Å². The summed E-state index contributed by atoms with van der Waals surface area (Å²) in [5.41, 5.74) is 0.588. The maximum Gasteiger partial charge on any atom is 0.308 e. The zero-order chi connectivity index (χ0) is 11.3. The monoisotopic (exact) mass is 210 g/mol. The molecule has 0 aliphatic rings. The number of aliphatic hydroxyl groups excluding tert-OH is 1. The number of carbonyl (C=O) groups excluding carboxylic acids is 1. The third-order valence-electron chi connectivity index (χ3n) is 2.09. The van der Waals surface area contributed by atoms with E-state index in [2.05, 4.69) is 4.74 Å². The van der Waals surface area contributed by atoms with Gasteiger partial charge in [-0.3, -0.25) is 4.79 Å².